The van der Waals surface area contributed by atoms with Crippen LogP contribution in [0.3, 0.4) is 0 Å². The summed E-state index contributed by atoms with van der Waals surface area (Å²) in [6.45, 7) is 1.60. The molecule has 1 aromatic heterocycles. The van der Waals surface area contributed by atoms with Gasteiger partial charge in [0, 0.05) is 17.5 Å². The Hall–Kier alpha value is -5.22. The first-order valence-corrected chi connectivity index (χ1v) is 12.9. The molecule has 0 spiro atoms. The van der Waals surface area contributed by atoms with E-state index in [1.54, 1.807) is 19.1 Å². The average molecular weight is 621 g/mol. The standard InChI is InChI=1S/C27H22F6N8O3/c1-26(8-6-17(7-9-26)44-27(31,32)33)35-24(43)21-12-20(16-10-18(28)22(30)19(29)11-16)38-41(21)13-14-2-4-15(5-3-14)23(42)34-25-36-39-40-37-25/h2-8,10-11,21H,9,12-13H2,1H3,(H,35,43)(H2,34,36,37,39,40,42). The van der Waals surface area contributed by atoms with Crippen LogP contribution in [0.4, 0.5) is 32.3 Å². The fraction of sp³-hybridized carbons (Fsp3) is 0.259. The highest BCUT2D eigenvalue weighted by Gasteiger charge is 2.38. The van der Waals surface area contributed by atoms with Gasteiger partial charge in [-0.2, -0.15) is 10.3 Å². The Morgan fingerprint density at radius 3 is 2.43 bits per heavy atom. The van der Waals surface area contributed by atoms with E-state index in [0.717, 1.165) is 18.2 Å². The molecule has 0 fully saturated rings. The number of amides is 2. The molecule has 5 rings (SSSR count). The van der Waals surface area contributed by atoms with Gasteiger partial charge in [-0.25, -0.2) is 13.2 Å². The number of H-pyrrole nitrogens is 1. The predicted molar refractivity (Wildman–Crippen MR) is 141 cm³/mol. The summed E-state index contributed by atoms with van der Waals surface area (Å²) in [5.74, 6) is -6.05. The number of rotatable bonds is 8. The second kappa shape index (κ2) is 11.8. The zero-order valence-electron chi connectivity index (χ0n) is 22.6. The van der Waals surface area contributed by atoms with Gasteiger partial charge in [-0.1, -0.05) is 23.3 Å². The van der Waals surface area contributed by atoms with E-state index in [9.17, 15) is 35.9 Å². The van der Waals surface area contributed by atoms with Crippen molar-refractivity contribution >= 4 is 23.5 Å². The number of hydrogen-bond acceptors (Lipinski definition) is 8. The van der Waals surface area contributed by atoms with Crippen molar-refractivity contribution in [1.29, 1.82) is 0 Å². The molecule has 11 nitrogen and oxygen atoms in total. The maximum atomic E-state index is 14.0. The third-order valence-electron chi connectivity index (χ3n) is 6.73. The summed E-state index contributed by atoms with van der Waals surface area (Å²) in [4.78, 5) is 25.9. The number of halogens is 6. The van der Waals surface area contributed by atoms with Gasteiger partial charge in [0.25, 0.3) is 11.9 Å². The molecule has 0 saturated heterocycles. The monoisotopic (exact) mass is 620 g/mol. The summed E-state index contributed by atoms with van der Waals surface area (Å²) in [6.07, 6.45) is -1.39. The zero-order chi connectivity index (χ0) is 31.6. The van der Waals surface area contributed by atoms with Crippen LogP contribution in [-0.2, 0) is 16.1 Å². The molecular weight excluding hydrogens is 598 g/mol. The van der Waals surface area contributed by atoms with Crippen LogP contribution < -0.4 is 10.6 Å². The number of hydrazone groups is 1. The van der Waals surface area contributed by atoms with E-state index in [2.05, 4.69) is 41.1 Å². The molecule has 0 saturated carbocycles. The smallest absolute Gasteiger partial charge is 0.406 e. The Bertz CT molecular complexity index is 1630. The van der Waals surface area contributed by atoms with E-state index in [1.807, 2.05) is 0 Å². The Labute approximate surface area is 244 Å². The maximum absolute atomic E-state index is 14.0. The molecule has 2 amide bonds. The number of ether oxygens (including phenoxy) is 1. The quantitative estimate of drug-likeness (QED) is 0.255. The van der Waals surface area contributed by atoms with Crippen LogP contribution in [0, 0.1) is 17.5 Å². The topological polar surface area (TPSA) is 137 Å². The number of alkyl halides is 3. The molecule has 2 aromatic carbocycles. The molecule has 2 aliphatic rings. The minimum atomic E-state index is -4.87. The molecule has 2 unspecified atom stereocenters. The summed E-state index contributed by atoms with van der Waals surface area (Å²) in [7, 11) is 0. The van der Waals surface area contributed by atoms with Crippen LogP contribution in [0.2, 0.25) is 0 Å². The Balaban J connectivity index is 1.34. The second-order valence-electron chi connectivity index (χ2n) is 10.1. The first-order chi connectivity index (χ1) is 20.8. The van der Waals surface area contributed by atoms with Gasteiger partial charge in [0.1, 0.15) is 11.8 Å². The van der Waals surface area contributed by atoms with Crippen LogP contribution >= 0.6 is 0 Å². The number of nitrogens with zero attached hydrogens (tertiary/aromatic N) is 5. The van der Waals surface area contributed by atoms with Crippen molar-refractivity contribution in [2.75, 3.05) is 5.32 Å². The number of allylic oxidation sites excluding steroid dienone is 1. The van der Waals surface area contributed by atoms with Crippen LogP contribution in [-0.4, -0.2) is 61.1 Å². The summed E-state index contributed by atoms with van der Waals surface area (Å²) >= 11 is 0. The van der Waals surface area contributed by atoms with Crippen molar-refractivity contribution in [3.8, 4) is 0 Å². The number of aromatic amines is 1. The predicted octanol–water partition coefficient (Wildman–Crippen LogP) is 4.10. The summed E-state index contributed by atoms with van der Waals surface area (Å²) < 4.78 is 83.2. The van der Waals surface area contributed by atoms with Gasteiger partial charge in [0.15, 0.2) is 17.5 Å². The number of anilines is 1. The van der Waals surface area contributed by atoms with Crippen molar-refractivity contribution in [1.82, 2.24) is 30.9 Å². The van der Waals surface area contributed by atoms with Crippen LogP contribution in [0.25, 0.3) is 0 Å². The summed E-state index contributed by atoms with van der Waals surface area (Å²) in [6, 6.07) is 6.73. The minimum Gasteiger partial charge on any atom is -0.406 e. The SMILES string of the molecule is CC1(NC(=O)C2CC(c3cc(F)c(F)c(F)c3)=NN2Cc2ccc(C(=O)Nc3nn[nH]n3)cc2)C=CC(OC(F)(F)F)=CC1. The Morgan fingerprint density at radius 1 is 1.14 bits per heavy atom. The lowest BCUT2D eigenvalue weighted by Crippen LogP contribution is -2.51. The van der Waals surface area contributed by atoms with E-state index in [0.29, 0.717) is 5.56 Å². The lowest BCUT2D eigenvalue weighted by molar-refractivity contribution is -0.303. The molecule has 44 heavy (non-hydrogen) atoms. The number of tetrazole rings is 1. The van der Waals surface area contributed by atoms with Gasteiger partial charge in [-0.05, 0) is 60.5 Å². The highest BCUT2D eigenvalue weighted by atomic mass is 19.4. The van der Waals surface area contributed by atoms with Gasteiger partial charge in [-0.15, -0.1) is 18.3 Å². The lowest BCUT2D eigenvalue weighted by Gasteiger charge is -2.32. The number of aromatic nitrogens is 4. The highest BCUT2D eigenvalue weighted by Crippen LogP contribution is 2.29. The van der Waals surface area contributed by atoms with E-state index >= 15 is 0 Å². The van der Waals surface area contributed by atoms with E-state index in [1.165, 1.54) is 29.3 Å². The molecular formula is C27H22F6N8O3. The van der Waals surface area contributed by atoms with Crippen molar-refractivity contribution < 1.29 is 40.7 Å². The van der Waals surface area contributed by atoms with Crippen molar-refractivity contribution in [3.05, 3.63) is 94.5 Å². The molecule has 1 aliphatic heterocycles. The molecule has 0 radical (unpaired) electrons. The first-order valence-electron chi connectivity index (χ1n) is 12.9. The van der Waals surface area contributed by atoms with E-state index in [4.69, 9.17) is 0 Å². The molecule has 3 aromatic rings. The molecule has 230 valence electrons. The highest BCUT2D eigenvalue weighted by molar-refractivity contribution is 6.05. The van der Waals surface area contributed by atoms with Crippen LogP contribution in [0.5, 0.6) is 0 Å². The second-order valence-corrected chi connectivity index (χ2v) is 10.1. The first kappa shape index (κ1) is 30.2. The fourth-order valence-corrected chi connectivity index (χ4v) is 4.54. The number of hydrogen-bond donors (Lipinski definition) is 3. The third kappa shape index (κ3) is 7.04. The fourth-order valence-electron chi connectivity index (χ4n) is 4.54. The zero-order valence-corrected chi connectivity index (χ0v) is 22.6. The van der Waals surface area contributed by atoms with E-state index < -0.39 is 53.0 Å². The number of nitrogens with one attached hydrogen (secondary N) is 3. The Kier molecular flexibility index (Phi) is 8.12. The van der Waals surface area contributed by atoms with Gasteiger partial charge >= 0.3 is 6.36 Å². The molecule has 2 heterocycles. The molecule has 17 heteroatoms. The molecule has 2 atom stereocenters. The Morgan fingerprint density at radius 2 is 1.84 bits per heavy atom. The van der Waals surface area contributed by atoms with Crippen LogP contribution in [0.1, 0.15) is 41.3 Å². The molecule has 0 bridgehead atoms. The summed E-state index contributed by atoms with van der Waals surface area (Å²) in [5, 5.41) is 23.8. The number of carbonyl (C=O) groups excluding carboxylic acids is 2. The van der Waals surface area contributed by atoms with E-state index in [-0.39, 0.29) is 42.2 Å². The largest absolute Gasteiger partial charge is 0.573 e. The summed E-state index contributed by atoms with van der Waals surface area (Å²) in [5.41, 5.74) is -0.207. The third-order valence-corrected chi connectivity index (χ3v) is 6.73. The number of benzene rings is 2. The van der Waals surface area contributed by atoms with Crippen molar-refractivity contribution in [3.63, 3.8) is 0 Å². The molecule has 1 aliphatic carbocycles. The minimum absolute atomic E-state index is 0.0104. The van der Waals surface area contributed by atoms with Crippen molar-refractivity contribution in [2.24, 2.45) is 5.10 Å². The van der Waals surface area contributed by atoms with Gasteiger partial charge in [-0.3, -0.25) is 19.9 Å². The van der Waals surface area contributed by atoms with Gasteiger partial charge in [0.2, 0.25) is 5.91 Å². The van der Waals surface area contributed by atoms with Crippen LogP contribution in [0.15, 0.2) is 65.5 Å². The van der Waals surface area contributed by atoms with Gasteiger partial charge in [0.05, 0.1) is 17.8 Å². The normalized spacial score (nSPS) is 19.8. The maximum Gasteiger partial charge on any atom is 0.573 e. The van der Waals surface area contributed by atoms with Gasteiger partial charge < -0.3 is 10.1 Å². The lowest BCUT2D eigenvalue weighted by atomic mass is 9.92. The average Bonchev–Trinajstić information content (AvgIpc) is 3.63. The number of carbonyl (C=O) groups is 2. The van der Waals surface area contributed by atoms with Crippen molar-refractivity contribution in [2.45, 2.75) is 44.3 Å². The molecule has 3 N–H and O–H groups in total.